The first-order chi connectivity index (χ1) is 5.52. The van der Waals surface area contributed by atoms with Crippen LogP contribution in [-0.4, -0.2) is 30.2 Å². The van der Waals surface area contributed by atoms with Crippen LogP contribution in [-0.2, 0) is 9.53 Å². The molecule has 0 aromatic carbocycles. The highest BCUT2D eigenvalue weighted by molar-refractivity contribution is 5.75. The fourth-order valence-corrected chi connectivity index (χ4v) is 0.700. The van der Waals surface area contributed by atoms with Crippen LogP contribution in [0.4, 0.5) is 8.78 Å². The Morgan fingerprint density at radius 1 is 1.58 bits per heavy atom. The molecule has 1 fully saturated rings. The normalized spacial score (nSPS) is 17.8. The summed E-state index contributed by atoms with van der Waals surface area (Å²) in [6.45, 7) is -0.762. The van der Waals surface area contributed by atoms with Gasteiger partial charge < -0.3 is 9.84 Å². The van der Waals surface area contributed by atoms with Gasteiger partial charge in [-0.25, -0.2) is 4.79 Å². The van der Waals surface area contributed by atoms with Gasteiger partial charge in [0.05, 0.1) is 0 Å². The van der Waals surface area contributed by atoms with Crippen molar-refractivity contribution >= 4 is 5.97 Å². The van der Waals surface area contributed by atoms with E-state index in [1.165, 1.54) is 0 Å². The summed E-state index contributed by atoms with van der Waals surface area (Å²) in [6.07, 6.45) is 2.00. The lowest BCUT2D eigenvalue weighted by molar-refractivity contribution is -0.173. The Balaban J connectivity index is 2.14. The highest BCUT2D eigenvalue weighted by Gasteiger charge is 2.39. The van der Waals surface area contributed by atoms with E-state index < -0.39 is 18.5 Å². The van der Waals surface area contributed by atoms with E-state index in [2.05, 4.69) is 4.74 Å². The van der Waals surface area contributed by atoms with Gasteiger partial charge in [-0.3, -0.25) is 0 Å². The third-order valence-electron chi connectivity index (χ3n) is 1.65. The van der Waals surface area contributed by atoms with Gasteiger partial charge in [-0.15, -0.1) is 0 Å². The quantitative estimate of drug-likeness (QED) is 0.689. The number of hydrogen-bond donors (Lipinski definition) is 1. The summed E-state index contributed by atoms with van der Waals surface area (Å²) in [6, 6.07) is 0. The first kappa shape index (κ1) is 9.38. The first-order valence-corrected chi connectivity index (χ1v) is 3.71. The number of hydrogen-bond acceptors (Lipinski definition) is 2. The monoisotopic (exact) mass is 180 g/mol. The maximum atomic E-state index is 12.3. The van der Waals surface area contributed by atoms with Crippen molar-refractivity contribution in [3.63, 3.8) is 0 Å². The SMILES string of the molecule is O=C(O)C(F)(F)COCC1CC1. The molecule has 0 unspecified atom stereocenters. The number of rotatable bonds is 5. The molecule has 0 aliphatic heterocycles. The predicted molar refractivity (Wildman–Crippen MR) is 36.1 cm³/mol. The Morgan fingerprint density at radius 2 is 2.17 bits per heavy atom. The molecule has 1 aliphatic carbocycles. The van der Waals surface area contributed by atoms with Gasteiger partial charge in [0, 0.05) is 6.61 Å². The Hall–Kier alpha value is -0.710. The van der Waals surface area contributed by atoms with E-state index in [4.69, 9.17) is 5.11 Å². The number of carbonyl (C=O) groups is 1. The average molecular weight is 180 g/mol. The molecular weight excluding hydrogens is 170 g/mol. The van der Waals surface area contributed by atoms with Crippen LogP contribution < -0.4 is 0 Å². The van der Waals surface area contributed by atoms with Crippen molar-refractivity contribution < 1.29 is 23.4 Å². The smallest absolute Gasteiger partial charge is 0.377 e. The zero-order chi connectivity index (χ0) is 9.19. The van der Waals surface area contributed by atoms with Crippen LogP contribution >= 0.6 is 0 Å². The third-order valence-corrected chi connectivity index (χ3v) is 1.65. The summed E-state index contributed by atoms with van der Waals surface area (Å²) in [5.41, 5.74) is 0. The predicted octanol–water partition coefficient (Wildman–Crippen LogP) is 1.13. The zero-order valence-corrected chi connectivity index (χ0v) is 6.43. The second-order valence-electron chi connectivity index (χ2n) is 2.97. The van der Waals surface area contributed by atoms with Crippen LogP contribution in [0, 0.1) is 5.92 Å². The summed E-state index contributed by atoms with van der Waals surface area (Å²) in [7, 11) is 0. The minimum Gasteiger partial charge on any atom is -0.477 e. The number of carboxylic acids is 1. The van der Waals surface area contributed by atoms with Crippen LogP contribution in [0.3, 0.4) is 0 Å². The molecule has 1 rings (SSSR count). The van der Waals surface area contributed by atoms with Crippen molar-refractivity contribution in [1.82, 2.24) is 0 Å². The summed E-state index contributed by atoms with van der Waals surface area (Å²) in [4.78, 5) is 9.88. The van der Waals surface area contributed by atoms with Crippen LogP contribution in [0.2, 0.25) is 0 Å². The first-order valence-electron chi connectivity index (χ1n) is 3.71. The maximum Gasteiger partial charge on any atom is 0.377 e. The molecule has 3 nitrogen and oxygen atoms in total. The molecule has 12 heavy (non-hydrogen) atoms. The van der Waals surface area contributed by atoms with E-state index >= 15 is 0 Å². The van der Waals surface area contributed by atoms with Gasteiger partial charge >= 0.3 is 11.9 Å². The fourth-order valence-electron chi connectivity index (χ4n) is 0.700. The molecule has 0 heterocycles. The molecular formula is C7H10F2O3. The van der Waals surface area contributed by atoms with Crippen LogP contribution in [0.1, 0.15) is 12.8 Å². The van der Waals surface area contributed by atoms with Crippen molar-refractivity contribution in [2.75, 3.05) is 13.2 Å². The van der Waals surface area contributed by atoms with E-state index in [-0.39, 0.29) is 6.61 Å². The molecule has 0 amide bonds. The van der Waals surface area contributed by atoms with E-state index in [1.54, 1.807) is 0 Å². The number of aliphatic carboxylic acids is 1. The van der Waals surface area contributed by atoms with Crippen LogP contribution in [0.15, 0.2) is 0 Å². The highest BCUT2D eigenvalue weighted by atomic mass is 19.3. The minimum absolute atomic E-state index is 0.253. The van der Waals surface area contributed by atoms with Crippen molar-refractivity contribution in [2.24, 2.45) is 5.92 Å². The molecule has 0 aromatic rings. The number of alkyl halides is 2. The van der Waals surface area contributed by atoms with Gasteiger partial charge in [-0.05, 0) is 18.8 Å². The molecule has 0 bridgehead atoms. The molecule has 70 valence electrons. The molecule has 1 saturated carbocycles. The van der Waals surface area contributed by atoms with Crippen LogP contribution in [0.5, 0.6) is 0 Å². The lowest BCUT2D eigenvalue weighted by atomic mass is 10.4. The van der Waals surface area contributed by atoms with E-state index in [1.807, 2.05) is 0 Å². The zero-order valence-electron chi connectivity index (χ0n) is 6.43. The molecule has 1 aliphatic rings. The van der Waals surface area contributed by atoms with Gasteiger partial charge in [0.25, 0.3) is 0 Å². The summed E-state index contributed by atoms with van der Waals surface area (Å²) >= 11 is 0. The van der Waals surface area contributed by atoms with Gasteiger partial charge in [-0.2, -0.15) is 8.78 Å². The largest absolute Gasteiger partial charge is 0.477 e. The number of halogens is 2. The lowest BCUT2D eigenvalue weighted by Crippen LogP contribution is -2.33. The van der Waals surface area contributed by atoms with E-state index in [9.17, 15) is 13.6 Å². The number of ether oxygens (including phenoxy) is 1. The lowest BCUT2D eigenvalue weighted by Gasteiger charge is -2.10. The van der Waals surface area contributed by atoms with Crippen molar-refractivity contribution in [3.05, 3.63) is 0 Å². The van der Waals surface area contributed by atoms with Crippen molar-refractivity contribution in [3.8, 4) is 0 Å². The van der Waals surface area contributed by atoms with Crippen molar-refractivity contribution in [1.29, 1.82) is 0 Å². The number of carboxylic acid groups (broad SMARTS) is 1. The Morgan fingerprint density at radius 3 is 2.58 bits per heavy atom. The third kappa shape index (κ3) is 2.73. The molecule has 1 N–H and O–H groups in total. The fraction of sp³-hybridized carbons (Fsp3) is 0.857. The Kier molecular flexibility index (Phi) is 2.62. The second kappa shape index (κ2) is 3.35. The Labute approximate surface area is 68.3 Å². The van der Waals surface area contributed by atoms with Gasteiger partial charge in [0.1, 0.15) is 6.61 Å². The average Bonchev–Trinajstić information content (AvgIpc) is 2.70. The summed E-state index contributed by atoms with van der Waals surface area (Å²) < 4.78 is 29.1. The van der Waals surface area contributed by atoms with Gasteiger partial charge in [0.15, 0.2) is 0 Å². The topological polar surface area (TPSA) is 46.5 Å². The molecule has 0 spiro atoms. The van der Waals surface area contributed by atoms with Gasteiger partial charge in [0.2, 0.25) is 0 Å². The molecule has 5 heteroatoms. The molecule has 0 radical (unpaired) electrons. The van der Waals surface area contributed by atoms with E-state index in [0.717, 1.165) is 12.8 Å². The summed E-state index contributed by atoms with van der Waals surface area (Å²) in [5, 5.41) is 7.99. The molecule has 0 atom stereocenters. The highest BCUT2D eigenvalue weighted by Crippen LogP contribution is 2.29. The molecule has 0 aromatic heterocycles. The Bertz CT molecular complexity index is 177. The van der Waals surface area contributed by atoms with E-state index in [0.29, 0.717) is 5.92 Å². The minimum atomic E-state index is -3.74. The maximum absolute atomic E-state index is 12.3. The van der Waals surface area contributed by atoms with Crippen LogP contribution in [0.25, 0.3) is 0 Å². The molecule has 0 saturated heterocycles. The summed E-state index contributed by atoms with van der Waals surface area (Å²) in [5.74, 6) is -5.50. The second-order valence-corrected chi connectivity index (χ2v) is 2.97. The standard InChI is InChI=1S/C7H10F2O3/c8-7(9,6(10)11)4-12-3-5-1-2-5/h5H,1-4H2,(H,10,11). The van der Waals surface area contributed by atoms with Crippen molar-refractivity contribution in [2.45, 2.75) is 18.8 Å². The van der Waals surface area contributed by atoms with Gasteiger partial charge in [-0.1, -0.05) is 0 Å².